The van der Waals surface area contributed by atoms with E-state index in [1.165, 1.54) is 10.9 Å². The van der Waals surface area contributed by atoms with Gasteiger partial charge in [-0.15, -0.1) is 0 Å². The summed E-state index contributed by atoms with van der Waals surface area (Å²) in [6.45, 7) is 16.9. The lowest BCUT2D eigenvalue weighted by Crippen LogP contribution is -2.31. The topological polar surface area (TPSA) is 26.3 Å². The third kappa shape index (κ3) is 4.33. The van der Waals surface area contributed by atoms with Crippen LogP contribution in [0.1, 0.15) is 54.9 Å². The van der Waals surface area contributed by atoms with Gasteiger partial charge in [-0.1, -0.05) is 68.5 Å². The summed E-state index contributed by atoms with van der Waals surface area (Å²) >= 11 is 0. The van der Waals surface area contributed by atoms with E-state index in [0.29, 0.717) is 16.0 Å². The molecule has 0 N–H and O–H groups in total. The van der Waals surface area contributed by atoms with Gasteiger partial charge in [0.25, 0.3) is 0 Å². The lowest BCUT2D eigenvalue weighted by Gasteiger charge is -2.46. The maximum absolute atomic E-state index is 5.87. The second-order valence-corrected chi connectivity index (χ2v) is 15.4. The van der Waals surface area contributed by atoms with Crippen molar-refractivity contribution in [2.24, 2.45) is 0 Å². The molecule has 4 heteroatoms. The normalized spacial score (nSPS) is 16.8. The monoisotopic (exact) mass is 402 g/mol. The van der Waals surface area contributed by atoms with Crippen LogP contribution in [0.3, 0.4) is 0 Å². The SMILES string of the molecule is C[C@H](C1=C(P(c2ccco2)c2ccco2)CC=C1)P(C(C)(C)C)C(C)(C)C. The molecule has 0 aliphatic heterocycles. The molecule has 0 fully saturated rings. The van der Waals surface area contributed by atoms with E-state index >= 15 is 0 Å². The van der Waals surface area contributed by atoms with Crippen LogP contribution >= 0.6 is 15.8 Å². The standard InChI is InChI=1S/C23H32O2P2/c1-17(27(22(2,3)4)23(5,6)7)18-11-8-12-19(18)26(20-13-9-15-24-20)21-14-10-16-25-21/h8-11,13-17H,12H2,1-7H3/t17-/m1/s1. The molecule has 0 aromatic carbocycles. The summed E-state index contributed by atoms with van der Waals surface area (Å²) in [7, 11) is -0.993. The Bertz CT molecular complexity index is 751. The summed E-state index contributed by atoms with van der Waals surface area (Å²) in [5, 5.41) is 2.07. The van der Waals surface area contributed by atoms with Gasteiger partial charge in [-0.2, -0.15) is 0 Å². The van der Waals surface area contributed by atoms with Crippen molar-refractivity contribution in [3.8, 4) is 0 Å². The fourth-order valence-electron chi connectivity index (χ4n) is 4.59. The number of rotatable bonds is 5. The van der Waals surface area contributed by atoms with Gasteiger partial charge in [0.05, 0.1) is 20.4 Å². The van der Waals surface area contributed by atoms with Crippen LogP contribution in [0, 0.1) is 0 Å². The van der Waals surface area contributed by atoms with Crippen molar-refractivity contribution in [1.29, 1.82) is 0 Å². The van der Waals surface area contributed by atoms with Crippen LogP contribution in [-0.2, 0) is 0 Å². The van der Waals surface area contributed by atoms with E-state index < -0.39 is 7.92 Å². The molecular weight excluding hydrogens is 370 g/mol. The molecule has 0 amide bonds. The molecule has 1 atom stereocenters. The Labute approximate surface area is 166 Å². The Hall–Kier alpha value is -1.10. The van der Waals surface area contributed by atoms with Crippen molar-refractivity contribution in [2.75, 3.05) is 0 Å². The average molecular weight is 402 g/mol. The molecule has 27 heavy (non-hydrogen) atoms. The van der Waals surface area contributed by atoms with Crippen LogP contribution in [-0.4, -0.2) is 16.0 Å². The molecule has 146 valence electrons. The Balaban J connectivity index is 2.09. The molecular formula is C23H32O2P2. The zero-order valence-corrected chi connectivity index (χ0v) is 19.4. The highest BCUT2D eigenvalue weighted by Gasteiger charge is 2.41. The first kappa shape index (κ1) is 20.6. The fraction of sp³-hybridized carbons (Fsp3) is 0.478. The highest BCUT2D eigenvalue weighted by atomic mass is 31.1. The van der Waals surface area contributed by atoms with Crippen LogP contribution in [0.15, 0.2) is 68.7 Å². The first-order valence-corrected chi connectivity index (χ1v) is 12.4. The minimum absolute atomic E-state index is 0.241. The molecule has 0 unspecified atom stereocenters. The second kappa shape index (κ2) is 7.73. The van der Waals surface area contributed by atoms with E-state index in [4.69, 9.17) is 8.83 Å². The molecule has 2 heterocycles. The van der Waals surface area contributed by atoms with Crippen LogP contribution in [0.2, 0.25) is 0 Å². The summed E-state index contributed by atoms with van der Waals surface area (Å²) in [5.41, 5.74) is 4.09. The van der Waals surface area contributed by atoms with Crippen molar-refractivity contribution >= 4 is 26.8 Å². The lowest BCUT2D eigenvalue weighted by atomic mass is 10.2. The Kier molecular flexibility index (Phi) is 5.90. The largest absolute Gasteiger partial charge is 0.464 e. The quantitative estimate of drug-likeness (QED) is 0.504. The fourth-order valence-corrected chi connectivity index (χ4v) is 11.9. The minimum atomic E-state index is -0.752. The van der Waals surface area contributed by atoms with E-state index in [9.17, 15) is 0 Å². The molecule has 2 aromatic heterocycles. The summed E-state index contributed by atoms with van der Waals surface area (Å²) in [4.78, 5) is 0. The summed E-state index contributed by atoms with van der Waals surface area (Å²) in [5.74, 6) is 0. The molecule has 0 bridgehead atoms. The molecule has 1 aliphatic rings. The number of furan rings is 2. The van der Waals surface area contributed by atoms with E-state index in [1.54, 1.807) is 12.5 Å². The van der Waals surface area contributed by atoms with Gasteiger partial charge < -0.3 is 8.83 Å². The minimum Gasteiger partial charge on any atom is -0.464 e. The second-order valence-electron chi connectivity index (χ2n) is 9.13. The van der Waals surface area contributed by atoms with Gasteiger partial charge in [-0.25, -0.2) is 0 Å². The predicted molar refractivity (Wildman–Crippen MR) is 120 cm³/mol. The maximum Gasteiger partial charge on any atom is 0.137 e. The van der Waals surface area contributed by atoms with E-state index in [-0.39, 0.29) is 7.92 Å². The van der Waals surface area contributed by atoms with Crippen molar-refractivity contribution in [3.05, 3.63) is 59.8 Å². The smallest absolute Gasteiger partial charge is 0.137 e. The van der Waals surface area contributed by atoms with Crippen LogP contribution < -0.4 is 11.0 Å². The maximum atomic E-state index is 5.87. The third-order valence-corrected chi connectivity index (χ3v) is 11.3. The molecule has 0 saturated heterocycles. The summed E-state index contributed by atoms with van der Waals surface area (Å²) < 4.78 is 11.7. The number of hydrogen-bond acceptors (Lipinski definition) is 2. The van der Waals surface area contributed by atoms with Crippen molar-refractivity contribution in [2.45, 2.75) is 70.9 Å². The highest BCUT2D eigenvalue weighted by molar-refractivity contribution is 7.76. The zero-order valence-electron chi connectivity index (χ0n) is 17.6. The van der Waals surface area contributed by atoms with Gasteiger partial charge in [0.2, 0.25) is 0 Å². The van der Waals surface area contributed by atoms with Gasteiger partial charge >= 0.3 is 0 Å². The van der Waals surface area contributed by atoms with E-state index in [1.807, 2.05) is 12.1 Å². The molecule has 0 saturated carbocycles. The molecule has 2 nitrogen and oxygen atoms in total. The molecule has 2 aromatic rings. The third-order valence-electron chi connectivity index (χ3n) is 4.95. The first-order chi connectivity index (χ1) is 12.6. The zero-order chi connectivity index (χ0) is 19.8. The Morgan fingerprint density at radius 2 is 1.41 bits per heavy atom. The number of allylic oxidation sites excluding steroid dienone is 4. The number of hydrogen-bond donors (Lipinski definition) is 0. The van der Waals surface area contributed by atoms with Gasteiger partial charge in [0, 0.05) is 5.66 Å². The van der Waals surface area contributed by atoms with E-state index in [2.05, 4.69) is 72.8 Å². The molecule has 3 rings (SSSR count). The van der Waals surface area contributed by atoms with Crippen molar-refractivity contribution < 1.29 is 8.83 Å². The first-order valence-electron chi connectivity index (χ1n) is 9.67. The van der Waals surface area contributed by atoms with Gasteiger partial charge in [-0.3, -0.25) is 0 Å². The lowest BCUT2D eigenvalue weighted by molar-refractivity contribution is 0.593. The summed E-state index contributed by atoms with van der Waals surface area (Å²) in [6.07, 6.45) is 9.23. The van der Waals surface area contributed by atoms with Crippen LogP contribution in [0.25, 0.3) is 0 Å². The Morgan fingerprint density at radius 1 is 0.889 bits per heavy atom. The predicted octanol–water partition coefficient (Wildman–Crippen LogP) is 6.99. The van der Waals surface area contributed by atoms with Gasteiger partial charge in [0.15, 0.2) is 0 Å². The van der Waals surface area contributed by atoms with Crippen LogP contribution in [0.5, 0.6) is 0 Å². The highest BCUT2D eigenvalue weighted by Crippen LogP contribution is 2.65. The van der Waals surface area contributed by atoms with Gasteiger partial charge in [-0.05, 0) is 51.9 Å². The van der Waals surface area contributed by atoms with Crippen molar-refractivity contribution in [1.82, 2.24) is 0 Å². The molecule has 0 spiro atoms. The van der Waals surface area contributed by atoms with Crippen LogP contribution in [0.4, 0.5) is 0 Å². The van der Waals surface area contributed by atoms with E-state index in [0.717, 1.165) is 17.4 Å². The van der Waals surface area contributed by atoms with Crippen molar-refractivity contribution in [3.63, 3.8) is 0 Å². The summed E-state index contributed by atoms with van der Waals surface area (Å²) in [6, 6.07) is 8.16. The average Bonchev–Trinajstić information content (AvgIpc) is 3.28. The Morgan fingerprint density at radius 3 is 1.81 bits per heavy atom. The van der Waals surface area contributed by atoms with Gasteiger partial charge in [0.1, 0.15) is 11.0 Å². The molecule has 1 aliphatic carbocycles. The molecule has 0 radical (unpaired) electrons.